The molecule has 6 amide bonds. The molecule has 2 rings (SSSR count). The minimum Gasteiger partial charge on any atom is -0.508 e. The topological polar surface area (TPSA) is 319 Å². The number of carbonyl (C=O) groups excluding carboxylic acids is 6. The van der Waals surface area contributed by atoms with Crippen LogP contribution in [0, 0.1) is 5.92 Å². The van der Waals surface area contributed by atoms with Gasteiger partial charge in [0.2, 0.25) is 35.4 Å². The molecule has 0 heterocycles. The lowest BCUT2D eigenvalue weighted by Crippen LogP contribution is -2.61. The minimum absolute atomic E-state index is 0.0460. The van der Waals surface area contributed by atoms with Crippen LogP contribution in [-0.4, -0.2) is 129 Å². The van der Waals surface area contributed by atoms with E-state index in [9.17, 15) is 54.0 Å². The van der Waals surface area contributed by atoms with Crippen molar-refractivity contribution in [2.24, 2.45) is 11.7 Å². The summed E-state index contributed by atoms with van der Waals surface area (Å²) >= 11 is 0. The number of rotatable bonds is 22. The Morgan fingerprint density at radius 1 is 0.545 bits per heavy atom. The second kappa shape index (κ2) is 22.6. The highest BCUT2D eigenvalue weighted by molar-refractivity contribution is 5.97. The summed E-state index contributed by atoms with van der Waals surface area (Å²) in [6, 6.07) is 4.25. The second-order valence-electron chi connectivity index (χ2n) is 13.2. The Balaban J connectivity index is 2.36. The number of aliphatic carboxylic acids is 1. The van der Waals surface area contributed by atoms with Crippen molar-refractivity contribution in [2.75, 3.05) is 19.8 Å². The first kappa shape index (κ1) is 45.5. The number of hydrogen-bond acceptors (Lipinski definition) is 12. The van der Waals surface area contributed by atoms with Crippen molar-refractivity contribution < 1.29 is 59.1 Å². The molecule has 0 radical (unpaired) electrons. The third-order valence-electron chi connectivity index (χ3n) is 8.16. The molecule has 2 aromatic rings. The summed E-state index contributed by atoms with van der Waals surface area (Å²) in [5, 5.41) is 62.0. The van der Waals surface area contributed by atoms with E-state index >= 15 is 0 Å². The Bertz CT molecular complexity index is 1610. The fourth-order valence-corrected chi connectivity index (χ4v) is 5.07. The molecule has 0 unspecified atom stereocenters. The molecule has 0 spiro atoms. The zero-order chi connectivity index (χ0) is 41.2. The zero-order valence-electron chi connectivity index (χ0n) is 30.7. The predicted octanol–water partition coefficient (Wildman–Crippen LogP) is -3.46. The van der Waals surface area contributed by atoms with E-state index in [4.69, 9.17) is 10.8 Å². The normalized spacial score (nSPS) is 14.8. The van der Waals surface area contributed by atoms with Crippen LogP contribution in [0.5, 0.6) is 5.75 Å². The van der Waals surface area contributed by atoms with Crippen molar-refractivity contribution in [1.82, 2.24) is 31.9 Å². The number of carboxylic acids is 1. The summed E-state index contributed by atoms with van der Waals surface area (Å²) in [4.78, 5) is 90.6. The van der Waals surface area contributed by atoms with Gasteiger partial charge in [-0.3, -0.25) is 28.8 Å². The molecular formula is C36H51N7O12. The lowest BCUT2D eigenvalue weighted by atomic mass is 9.99. The standard InChI is InChI=1S/C36H51N7O12/c1-19(2)13-25(32(50)40-26(14-21-7-5-4-6-8-21)34(52)43-29(18-46)36(54)55)39-33(51)27(15-22-9-11-23(47)12-10-22)41-35(53)28(17-45)42-30(48)20(3)38-31(49)24(37)16-44/h4-12,19-20,24-29,44-47H,13-18,37H2,1-3H3,(H,38,49)(H,39,51)(H,40,50)(H,41,53)(H,42,48)(H,43,52)(H,54,55)/t20-,24-,25-,26-,27-,28-,29-/m0/s1. The first-order valence-electron chi connectivity index (χ1n) is 17.4. The lowest BCUT2D eigenvalue weighted by Gasteiger charge is -2.27. The molecule has 0 fully saturated rings. The fourth-order valence-electron chi connectivity index (χ4n) is 5.07. The Kier molecular flexibility index (Phi) is 18.7. The molecule has 0 bridgehead atoms. The van der Waals surface area contributed by atoms with E-state index in [0.29, 0.717) is 11.1 Å². The van der Waals surface area contributed by atoms with Gasteiger partial charge in [0.1, 0.15) is 48.0 Å². The van der Waals surface area contributed by atoms with Gasteiger partial charge in [-0.1, -0.05) is 56.3 Å². The Morgan fingerprint density at radius 2 is 0.982 bits per heavy atom. The van der Waals surface area contributed by atoms with E-state index in [1.54, 1.807) is 44.2 Å². The van der Waals surface area contributed by atoms with Crippen molar-refractivity contribution in [3.63, 3.8) is 0 Å². The molecule has 0 aliphatic rings. The highest BCUT2D eigenvalue weighted by atomic mass is 16.4. The predicted molar refractivity (Wildman–Crippen MR) is 196 cm³/mol. The molecule has 0 saturated carbocycles. The summed E-state index contributed by atoms with van der Waals surface area (Å²) in [6.45, 7) is 2.28. The van der Waals surface area contributed by atoms with Gasteiger partial charge in [-0.25, -0.2) is 4.79 Å². The molecule has 0 aliphatic carbocycles. The number of aromatic hydroxyl groups is 1. The third kappa shape index (κ3) is 15.3. The summed E-state index contributed by atoms with van der Waals surface area (Å²) in [5.74, 6) is -7.13. The Hall–Kier alpha value is -5.63. The molecule has 7 atom stereocenters. The molecule has 0 saturated heterocycles. The molecule has 2 aromatic carbocycles. The molecule has 19 nitrogen and oxygen atoms in total. The van der Waals surface area contributed by atoms with Crippen molar-refractivity contribution >= 4 is 41.4 Å². The first-order valence-corrected chi connectivity index (χ1v) is 17.4. The molecule has 19 heteroatoms. The van der Waals surface area contributed by atoms with Gasteiger partial charge in [0.25, 0.3) is 0 Å². The highest BCUT2D eigenvalue weighted by Gasteiger charge is 2.33. The summed E-state index contributed by atoms with van der Waals surface area (Å²) in [7, 11) is 0. The molecular weight excluding hydrogens is 722 g/mol. The van der Waals surface area contributed by atoms with Gasteiger partial charge in [0.05, 0.1) is 19.8 Å². The van der Waals surface area contributed by atoms with Crippen LogP contribution in [0.25, 0.3) is 0 Å². The monoisotopic (exact) mass is 773 g/mol. The van der Waals surface area contributed by atoms with Crippen molar-refractivity contribution in [3.05, 3.63) is 65.7 Å². The van der Waals surface area contributed by atoms with Crippen LogP contribution in [0.1, 0.15) is 38.3 Å². The quantitative estimate of drug-likeness (QED) is 0.0555. The average molecular weight is 774 g/mol. The smallest absolute Gasteiger partial charge is 0.328 e. The van der Waals surface area contributed by atoms with E-state index in [1.807, 2.05) is 0 Å². The zero-order valence-corrected chi connectivity index (χ0v) is 30.7. The maximum absolute atomic E-state index is 13.9. The summed E-state index contributed by atoms with van der Waals surface area (Å²) in [5.41, 5.74) is 6.52. The van der Waals surface area contributed by atoms with E-state index in [1.165, 1.54) is 31.2 Å². The minimum atomic E-state index is -1.66. The van der Waals surface area contributed by atoms with Gasteiger partial charge in [0, 0.05) is 12.8 Å². The second-order valence-corrected chi connectivity index (χ2v) is 13.2. The van der Waals surface area contributed by atoms with Crippen LogP contribution in [-0.2, 0) is 46.4 Å². The summed E-state index contributed by atoms with van der Waals surface area (Å²) < 4.78 is 0. The van der Waals surface area contributed by atoms with Crippen LogP contribution in [0.2, 0.25) is 0 Å². The SMILES string of the molecule is CC(C)C[C@H](NC(=O)[C@H](Cc1ccc(O)cc1)NC(=O)[C@H](CO)NC(=O)[C@H](C)NC(=O)[C@@H](N)CO)C(=O)N[C@@H](Cc1ccccc1)C(=O)N[C@@H](CO)C(=O)O. The largest absolute Gasteiger partial charge is 0.508 e. The number of aliphatic hydroxyl groups is 3. The van der Waals surface area contributed by atoms with Crippen LogP contribution >= 0.6 is 0 Å². The fraction of sp³-hybridized carbons (Fsp3) is 0.472. The highest BCUT2D eigenvalue weighted by Crippen LogP contribution is 2.13. The van der Waals surface area contributed by atoms with Crippen LogP contribution in [0.15, 0.2) is 54.6 Å². The van der Waals surface area contributed by atoms with E-state index < -0.39 is 104 Å². The average Bonchev–Trinajstić information content (AvgIpc) is 3.15. The number of phenols is 1. The number of benzene rings is 2. The molecule has 0 aromatic heterocycles. The summed E-state index contributed by atoms with van der Waals surface area (Å²) in [6.07, 6.45) is -0.227. The number of aliphatic hydroxyl groups excluding tert-OH is 3. The number of nitrogens with one attached hydrogen (secondary N) is 6. The van der Waals surface area contributed by atoms with Gasteiger partial charge in [0.15, 0.2) is 0 Å². The maximum Gasteiger partial charge on any atom is 0.328 e. The molecule has 13 N–H and O–H groups in total. The number of carboxylic acid groups (broad SMARTS) is 1. The van der Waals surface area contributed by atoms with E-state index in [0.717, 1.165) is 0 Å². The van der Waals surface area contributed by atoms with Crippen LogP contribution in [0.4, 0.5) is 0 Å². The lowest BCUT2D eigenvalue weighted by molar-refractivity contribution is -0.143. The number of nitrogens with two attached hydrogens (primary N) is 1. The maximum atomic E-state index is 13.9. The van der Waals surface area contributed by atoms with E-state index in [2.05, 4.69) is 31.9 Å². The molecule has 302 valence electrons. The van der Waals surface area contributed by atoms with Gasteiger partial charge in [-0.2, -0.15) is 0 Å². The third-order valence-corrected chi connectivity index (χ3v) is 8.16. The van der Waals surface area contributed by atoms with E-state index in [-0.39, 0.29) is 30.9 Å². The number of hydrogen-bond donors (Lipinski definition) is 12. The van der Waals surface area contributed by atoms with Gasteiger partial charge in [-0.05, 0) is 42.5 Å². The number of carbonyl (C=O) groups is 7. The molecule has 55 heavy (non-hydrogen) atoms. The number of amides is 6. The van der Waals surface area contributed by atoms with Gasteiger partial charge >= 0.3 is 5.97 Å². The van der Waals surface area contributed by atoms with Gasteiger partial charge < -0.3 is 63.2 Å². The van der Waals surface area contributed by atoms with Crippen molar-refractivity contribution in [3.8, 4) is 5.75 Å². The van der Waals surface area contributed by atoms with Crippen molar-refractivity contribution in [2.45, 2.75) is 82.3 Å². The van der Waals surface area contributed by atoms with Crippen LogP contribution < -0.4 is 37.6 Å². The first-order chi connectivity index (χ1) is 26.0. The van der Waals surface area contributed by atoms with Gasteiger partial charge in [-0.15, -0.1) is 0 Å². The Morgan fingerprint density at radius 3 is 1.45 bits per heavy atom. The van der Waals surface area contributed by atoms with Crippen molar-refractivity contribution in [1.29, 1.82) is 0 Å². The Labute approximate surface area is 317 Å². The van der Waals surface area contributed by atoms with Crippen LogP contribution in [0.3, 0.4) is 0 Å². The number of phenolic OH excluding ortho intramolecular Hbond substituents is 1. The molecule has 0 aliphatic heterocycles.